The number of fused-ring (bicyclic) bond motifs is 1. The van der Waals surface area contributed by atoms with Gasteiger partial charge in [0.05, 0.1) is 0 Å². The molecule has 0 bridgehead atoms. The first-order valence-electron chi connectivity index (χ1n) is 8.46. The van der Waals surface area contributed by atoms with Gasteiger partial charge in [0.25, 0.3) is 5.91 Å². The molecule has 0 atom stereocenters. The lowest BCUT2D eigenvalue weighted by atomic mass is 9.94. The monoisotopic (exact) mass is 347 g/mol. The Morgan fingerprint density at radius 3 is 2.69 bits per heavy atom. The lowest BCUT2D eigenvalue weighted by Crippen LogP contribution is -2.31. The van der Waals surface area contributed by atoms with E-state index in [1.165, 1.54) is 12.1 Å². The molecule has 0 saturated heterocycles. The van der Waals surface area contributed by atoms with E-state index >= 15 is 0 Å². The zero-order valence-corrected chi connectivity index (χ0v) is 14.3. The molecule has 2 heterocycles. The molecule has 1 aliphatic heterocycles. The number of aryl methyl sites for hydroxylation is 1. The van der Waals surface area contributed by atoms with Crippen LogP contribution in [0, 0.1) is 12.7 Å². The van der Waals surface area contributed by atoms with Crippen LogP contribution in [0.5, 0.6) is 0 Å². The van der Waals surface area contributed by atoms with Crippen molar-refractivity contribution in [3.8, 4) is 22.3 Å². The maximum absolute atomic E-state index is 13.8. The molecular weight excluding hydrogens is 329 g/mol. The average molecular weight is 347 g/mol. The van der Waals surface area contributed by atoms with Crippen LogP contribution in [-0.4, -0.2) is 17.4 Å². The van der Waals surface area contributed by atoms with Gasteiger partial charge >= 0.3 is 0 Å². The summed E-state index contributed by atoms with van der Waals surface area (Å²) in [7, 11) is 0. The number of carbonyl (C=O) groups is 1. The summed E-state index contributed by atoms with van der Waals surface area (Å²) < 4.78 is 13.8. The van der Waals surface area contributed by atoms with E-state index < -0.39 is 0 Å². The summed E-state index contributed by atoms with van der Waals surface area (Å²) in [5.74, 6) is 0.0770. The lowest BCUT2D eigenvalue weighted by molar-refractivity contribution is 0.0946. The van der Waals surface area contributed by atoms with Gasteiger partial charge in [-0.3, -0.25) is 4.79 Å². The zero-order valence-electron chi connectivity index (χ0n) is 14.3. The molecule has 3 aromatic rings. The first-order valence-corrected chi connectivity index (χ1v) is 8.46. The molecule has 0 fully saturated rings. The minimum Gasteiger partial charge on any atom is -0.383 e. The Morgan fingerprint density at radius 2 is 1.88 bits per heavy atom. The molecular formula is C21H18FN3O. The van der Waals surface area contributed by atoms with Crippen LogP contribution in [0.15, 0.2) is 48.7 Å². The summed E-state index contributed by atoms with van der Waals surface area (Å²) in [6, 6.07) is 12.5. The van der Waals surface area contributed by atoms with Crippen molar-refractivity contribution in [3.63, 3.8) is 0 Å². The van der Waals surface area contributed by atoms with Crippen LogP contribution in [0.2, 0.25) is 0 Å². The molecule has 1 aromatic heterocycles. The highest BCUT2D eigenvalue weighted by molar-refractivity contribution is 5.97. The van der Waals surface area contributed by atoms with Gasteiger partial charge in [-0.05, 0) is 59.9 Å². The first-order chi connectivity index (χ1) is 12.5. The van der Waals surface area contributed by atoms with Crippen molar-refractivity contribution in [2.24, 2.45) is 0 Å². The fourth-order valence-corrected chi connectivity index (χ4v) is 3.36. The number of aromatic nitrogens is 1. The summed E-state index contributed by atoms with van der Waals surface area (Å²) in [5.41, 5.74) is 11.9. The van der Waals surface area contributed by atoms with E-state index in [-0.39, 0.29) is 11.7 Å². The van der Waals surface area contributed by atoms with Crippen LogP contribution in [-0.2, 0) is 6.42 Å². The van der Waals surface area contributed by atoms with Gasteiger partial charge in [-0.1, -0.05) is 18.2 Å². The van der Waals surface area contributed by atoms with Crippen LogP contribution in [0.25, 0.3) is 22.3 Å². The maximum Gasteiger partial charge on any atom is 0.251 e. The first kappa shape index (κ1) is 16.3. The second kappa shape index (κ2) is 6.26. The number of anilines is 1. The summed E-state index contributed by atoms with van der Waals surface area (Å²) in [6.45, 7) is 2.48. The van der Waals surface area contributed by atoms with Crippen LogP contribution in [0.3, 0.4) is 0 Å². The molecule has 0 aliphatic carbocycles. The fourth-order valence-electron chi connectivity index (χ4n) is 3.36. The van der Waals surface area contributed by atoms with Crippen LogP contribution in [0.1, 0.15) is 21.5 Å². The number of carbonyl (C=O) groups excluding carboxylic acids is 1. The summed E-state index contributed by atoms with van der Waals surface area (Å²) >= 11 is 0. The number of hydrogen-bond acceptors (Lipinski definition) is 3. The summed E-state index contributed by atoms with van der Waals surface area (Å²) in [4.78, 5) is 16.2. The van der Waals surface area contributed by atoms with Gasteiger partial charge in [0.15, 0.2) is 0 Å². The van der Waals surface area contributed by atoms with Crippen LogP contribution in [0.4, 0.5) is 10.2 Å². The molecule has 0 radical (unpaired) electrons. The number of nitrogens with one attached hydrogen (secondary N) is 1. The molecule has 0 unspecified atom stereocenters. The predicted octanol–water partition coefficient (Wildman–Crippen LogP) is 3.73. The second-order valence-corrected chi connectivity index (χ2v) is 6.55. The molecule has 4 nitrogen and oxygen atoms in total. The Morgan fingerprint density at radius 1 is 1.04 bits per heavy atom. The highest BCUT2D eigenvalue weighted by Gasteiger charge is 2.18. The molecule has 0 saturated carbocycles. The smallest absolute Gasteiger partial charge is 0.251 e. The van der Waals surface area contributed by atoms with Gasteiger partial charge in [-0.2, -0.15) is 0 Å². The highest BCUT2D eigenvalue weighted by Crippen LogP contribution is 2.32. The topological polar surface area (TPSA) is 68.0 Å². The number of nitrogen functional groups attached to an aromatic ring is 1. The average Bonchev–Trinajstić information content (AvgIpc) is 2.61. The SMILES string of the molecule is Cc1cc(F)cc(-c2cnc(N)c(-c3ccc4c(c3)CCNC4=O)c2)c1. The molecule has 1 aliphatic rings. The van der Waals surface area contributed by atoms with Gasteiger partial charge in [-0.15, -0.1) is 0 Å². The molecule has 2 aromatic carbocycles. The Labute approximate surface area is 150 Å². The van der Waals surface area contributed by atoms with Crippen LogP contribution >= 0.6 is 0 Å². The third-order valence-corrected chi connectivity index (χ3v) is 4.63. The molecule has 5 heteroatoms. The van der Waals surface area contributed by atoms with E-state index in [9.17, 15) is 9.18 Å². The number of pyridine rings is 1. The lowest BCUT2D eigenvalue weighted by Gasteiger charge is -2.18. The highest BCUT2D eigenvalue weighted by atomic mass is 19.1. The number of amides is 1. The standard InChI is InChI=1S/C21H18FN3O/c1-12-6-15(9-17(22)7-12)16-10-19(20(23)25-11-16)13-2-3-18-14(8-13)4-5-24-21(18)26/h2-3,6-11H,4-5H2,1H3,(H2,23,25)(H,24,26). The number of nitrogens with two attached hydrogens (primary N) is 1. The summed E-state index contributed by atoms with van der Waals surface area (Å²) in [6.07, 6.45) is 2.43. The Bertz CT molecular complexity index is 1010. The van der Waals surface area contributed by atoms with E-state index in [1.54, 1.807) is 6.20 Å². The van der Waals surface area contributed by atoms with Crippen LogP contribution < -0.4 is 11.1 Å². The predicted molar refractivity (Wildman–Crippen MR) is 100 cm³/mol. The molecule has 4 rings (SSSR count). The Balaban J connectivity index is 1.81. The van der Waals surface area contributed by atoms with Crippen molar-refractivity contribution >= 4 is 11.7 Å². The molecule has 1 amide bonds. The Hall–Kier alpha value is -3.21. The number of hydrogen-bond donors (Lipinski definition) is 2. The van der Waals surface area contributed by atoms with Crippen molar-refractivity contribution in [2.75, 3.05) is 12.3 Å². The normalized spacial score (nSPS) is 13.2. The van der Waals surface area contributed by atoms with Crippen molar-refractivity contribution < 1.29 is 9.18 Å². The van der Waals surface area contributed by atoms with E-state index in [4.69, 9.17) is 5.73 Å². The second-order valence-electron chi connectivity index (χ2n) is 6.55. The van der Waals surface area contributed by atoms with Crippen molar-refractivity contribution in [2.45, 2.75) is 13.3 Å². The number of nitrogens with zero attached hydrogens (tertiary/aromatic N) is 1. The Kier molecular flexibility index (Phi) is 3.92. The van der Waals surface area contributed by atoms with E-state index in [2.05, 4.69) is 10.3 Å². The third kappa shape index (κ3) is 2.92. The number of halogens is 1. The van der Waals surface area contributed by atoms with Crippen molar-refractivity contribution in [1.82, 2.24) is 10.3 Å². The molecule has 130 valence electrons. The quantitative estimate of drug-likeness (QED) is 0.742. The van der Waals surface area contributed by atoms with Gasteiger partial charge in [0.1, 0.15) is 11.6 Å². The van der Waals surface area contributed by atoms with E-state index in [0.717, 1.165) is 39.8 Å². The zero-order chi connectivity index (χ0) is 18.3. The van der Waals surface area contributed by atoms with Gasteiger partial charge in [0.2, 0.25) is 0 Å². The van der Waals surface area contributed by atoms with Gasteiger partial charge in [-0.25, -0.2) is 9.37 Å². The van der Waals surface area contributed by atoms with Gasteiger partial charge < -0.3 is 11.1 Å². The minimum absolute atomic E-state index is 0.0483. The largest absolute Gasteiger partial charge is 0.383 e. The van der Waals surface area contributed by atoms with Gasteiger partial charge in [0, 0.05) is 29.4 Å². The molecule has 3 N–H and O–H groups in total. The molecule has 26 heavy (non-hydrogen) atoms. The van der Waals surface area contributed by atoms with Crippen molar-refractivity contribution in [3.05, 3.63) is 71.2 Å². The van der Waals surface area contributed by atoms with E-state index in [0.29, 0.717) is 17.9 Å². The minimum atomic E-state index is -0.279. The summed E-state index contributed by atoms with van der Waals surface area (Å²) in [5, 5.41) is 2.84. The van der Waals surface area contributed by atoms with E-state index in [1.807, 2.05) is 37.3 Å². The van der Waals surface area contributed by atoms with Crippen molar-refractivity contribution in [1.29, 1.82) is 0 Å². The fraction of sp³-hybridized carbons (Fsp3) is 0.143. The molecule has 0 spiro atoms. The third-order valence-electron chi connectivity index (χ3n) is 4.63. The maximum atomic E-state index is 13.8. The number of benzene rings is 2. The number of rotatable bonds is 2.